The fourth-order valence-electron chi connectivity index (χ4n) is 5.05. The summed E-state index contributed by atoms with van der Waals surface area (Å²) in [6.45, 7) is 0. The topological polar surface area (TPSA) is 0 Å². The molecule has 6 aromatic carbocycles. The molecule has 0 unspecified atom stereocenters. The normalized spacial score (nSPS) is 11.9. The summed E-state index contributed by atoms with van der Waals surface area (Å²) in [4.78, 5) is 0. The van der Waals surface area contributed by atoms with E-state index in [1.807, 2.05) is 0 Å². The molecule has 0 bridgehead atoms. The molecule has 0 aliphatic rings. The van der Waals surface area contributed by atoms with Crippen LogP contribution in [0.15, 0.2) is 109 Å². The van der Waals surface area contributed by atoms with E-state index in [9.17, 15) is 0 Å². The second-order valence-electron chi connectivity index (χ2n) is 8.13. The first-order chi connectivity index (χ1) is 15.4. The van der Waals surface area contributed by atoms with Gasteiger partial charge in [0.1, 0.15) is 0 Å². The quantitative estimate of drug-likeness (QED) is 0.172. The first-order valence-corrected chi connectivity index (χ1v) is 12.3. The second-order valence-corrected chi connectivity index (χ2v) is 10.3. The van der Waals surface area contributed by atoms with Crippen LogP contribution in [-0.4, -0.2) is 14.5 Å². The van der Waals surface area contributed by atoms with Crippen LogP contribution in [-0.2, 0) is 0 Å². The molecular weight excluding hydrogens is 439 g/mol. The standard InChI is InChI=1S/C30H18Se/c1-2-10-23-21(8-1)22-9-3-4-11-24(22)28-18-19(16-17-25(23)28)20-13-7-14-27-26-12-5-6-15-29(26)31-30(20)27/h1-18H. The molecule has 0 N–H and O–H groups in total. The van der Waals surface area contributed by atoms with Gasteiger partial charge < -0.3 is 0 Å². The third kappa shape index (κ3) is 2.48. The van der Waals surface area contributed by atoms with Crippen molar-refractivity contribution in [3.8, 4) is 11.1 Å². The molecule has 1 heterocycles. The molecule has 0 nitrogen and oxygen atoms in total. The van der Waals surface area contributed by atoms with Crippen molar-refractivity contribution in [1.82, 2.24) is 0 Å². The Kier molecular flexibility index (Phi) is 3.66. The number of fused-ring (bicyclic) bond motifs is 9. The molecule has 0 aliphatic heterocycles. The van der Waals surface area contributed by atoms with Gasteiger partial charge in [-0.3, -0.25) is 0 Å². The SMILES string of the molecule is c1ccc2c(c1)[se]c1c(-c3ccc4c5ccccc5c5ccccc5c4c3)cccc12. The average molecular weight is 457 g/mol. The minimum absolute atomic E-state index is 0.350. The Labute approximate surface area is 186 Å². The zero-order chi connectivity index (χ0) is 20.4. The van der Waals surface area contributed by atoms with E-state index in [1.165, 1.54) is 62.7 Å². The summed E-state index contributed by atoms with van der Waals surface area (Å²) in [6, 6.07) is 40.4. The summed E-state index contributed by atoms with van der Waals surface area (Å²) in [5.74, 6) is 0. The van der Waals surface area contributed by atoms with Crippen LogP contribution in [0.5, 0.6) is 0 Å². The molecule has 0 saturated heterocycles. The van der Waals surface area contributed by atoms with Crippen molar-refractivity contribution in [2.24, 2.45) is 0 Å². The maximum atomic E-state index is 2.42. The molecule has 7 aromatic rings. The van der Waals surface area contributed by atoms with Crippen LogP contribution in [0.25, 0.3) is 62.7 Å². The third-order valence-corrected chi connectivity index (χ3v) is 9.02. The molecule has 1 heteroatoms. The van der Waals surface area contributed by atoms with Gasteiger partial charge in [-0.25, -0.2) is 0 Å². The fraction of sp³-hybridized carbons (Fsp3) is 0. The number of hydrogen-bond acceptors (Lipinski definition) is 0. The molecule has 0 atom stereocenters. The molecule has 0 saturated carbocycles. The Morgan fingerprint density at radius 3 is 1.65 bits per heavy atom. The van der Waals surface area contributed by atoms with Crippen LogP contribution in [0.4, 0.5) is 0 Å². The molecule has 1 aromatic heterocycles. The number of benzene rings is 6. The van der Waals surface area contributed by atoms with Crippen LogP contribution in [0.3, 0.4) is 0 Å². The molecule has 0 fully saturated rings. The van der Waals surface area contributed by atoms with Gasteiger partial charge in [0.2, 0.25) is 0 Å². The summed E-state index contributed by atoms with van der Waals surface area (Å²) in [5.41, 5.74) is 2.70. The van der Waals surface area contributed by atoms with E-state index >= 15 is 0 Å². The van der Waals surface area contributed by atoms with E-state index in [4.69, 9.17) is 0 Å². The van der Waals surface area contributed by atoms with E-state index in [2.05, 4.69) is 109 Å². The van der Waals surface area contributed by atoms with Gasteiger partial charge in [0, 0.05) is 0 Å². The number of hydrogen-bond donors (Lipinski definition) is 0. The van der Waals surface area contributed by atoms with Crippen LogP contribution < -0.4 is 0 Å². The van der Waals surface area contributed by atoms with Crippen molar-refractivity contribution in [3.05, 3.63) is 109 Å². The molecule has 0 aliphatic carbocycles. The maximum absolute atomic E-state index is 2.42. The minimum atomic E-state index is 0.350. The van der Waals surface area contributed by atoms with Gasteiger partial charge in [0.05, 0.1) is 0 Å². The van der Waals surface area contributed by atoms with Gasteiger partial charge >= 0.3 is 186 Å². The Morgan fingerprint density at radius 1 is 0.387 bits per heavy atom. The molecule has 144 valence electrons. The van der Waals surface area contributed by atoms with E-state index in [-0.39, 0.29) is 0 Å². The molecule has 0 amide bonds. The monoisotopic (exact) mass is 458 g/mol. The predicted molar refractivity (Wildman–Crippen MR) is 136 cm³/mol. The van der Waals surface area contributed by atoms with Crippen molar-refractivity contribution < 1.29 is 0 Å². The van der Waals surface area contributed by atoms with Crippen molar-refractivity contribution >= 4 is 66.1 Å². The van der Waals surface area contributed by atoms with Gasteiger partial charge in [0.25, 0.3) is 0 Å². The summed E-state index contributed by atoms with van der Waals surface area (Å²) < 4.78 is 3.01. The number of rotatable bonds is 1. The van der Waals surface area contributed by atoms with Gasteiger partial charge in [-0.2, -0.15) is 0 Å². The zero-order valence-electron chi connectivity index (χ0n) is 16.8. The van der Waals surface area contributed by atoms with Crippen molar-refractivity contribution in [3.63, 3.8) is 0 Å². The third-order valence-electron chi connectivity index (χ3n) is 6.46. The summed E-state index contributed by atoms with van der Waals surface area (Å²) >= 11 is 0.350. The summed E-state index contributed by atoms with van der Waals surface area (Å²) in [6.07, 6.45) is 0. The first-order valence-electron chi connectivity index (χ1n) is 10.6. The summed E-state index contributed by atoms with van der Waals surface area (Å²) in [7, 11) is 0. The van der Waals surface area contributed by atoms with Crippen molar-refractivity contribution in [2.75, 3.05) is 0 Å². The van der Waals surface area contributed by atoms with Crippen LogP contribution in [0.1, 0.15) is 0 Å². The molecule has 31 heavy (non-hydrogen) atoms. The molecule has 0 radical (unpaired) electrons. The van der Waals surface area contributed by atoms with Gasteiger partial charge in [0.15, 0.2) is 0 Å². The van der Waals surface area contributed by atoms with Gasteiger partial charge in [-0.15, -0.1) is 0 Å². The first kappa shape index (κ1) is 17.3. The van der Waals surface area contributed by atoms with E-state index < -0.39 is 0 Å². The second kappa shape index (κ2) is 6.56. The van der Waals surface area contributed by atoms with E-state index in [0.29, 0.717) is 14.5 Å². The fourth-order valence-corrected chi connectivity index (χ4v) is 7.65. The predicted octanol–water partition coefficient (Wildman–Crippen LogP) is 8.18. The van der Waals surface area contributed by atoms with Gasteiger partial charge in [-0.1, -0.05) is 0 Å². The Hall–Kier alpha value is -3.38. The molecular formula is C30H18Se. The zero-order valence-corrected chi connectivity index (χ0v) is 18.5. The van der Waals surface area contributed by atoms with Crippen LogP contribution >= 0.6 is 0 Å². The van der Waals surface area contributed by atoms with Gasteiger partial charge in [-0.05, 0) is 0 Å². The Morgan fingerprint density at radius 2 is 0.935 bits per heavy atom. The molecule has 7 rings (SSSR count). The van der Waals surface area contributed by atoms with Crippen molar-refractivity contribution in [1.29, 1.82) is 0 Å². The Bertz CT molecular complexity index is 1750. The van der Waals surface area contributed by atoms with Crippen LogP contribution in [0.2, 0.25) is 0 Å². The van der Waals surface area contributed by atoms with E-state index in [1.54, 1.807) is 0 Å². The summed E-state index contributed by atoms with van der Waals surface area (Å²) in [5, 5.41) is 10.8. The Balaban J connectivity index is 1.60. The average Bonchev–Trinajstić information content (AvgIpc) is 3.23. The van der Waals surface area contributed by atoms with Crippen LogP contribution in [0, 0.1) is 0 Å². The van der Waals surface area contributed by atoms with E-state index in [0.717, 1.165) is 0 Å². The molecule has 0 spiro atoms. The van der Waals surface area contributed by atoms with Crippen molar-refractivity contribution in [2.45, 2.75) is 0 Å².